The molecule has 116 valence electrons. The summed E-state index contributed by atoms with van der Waals surface area (Å²) in [6, 6.07) is 0. The van der Waals surface area contributed by atoms with E-state index in [2.05, 4.69) is 4.90 Å². The highest BCUT2D eigenvalue weighted by atomic mass is 32.1. The zero-order valence-electron chi connectivity index (χ0n) is 12.7. The summed E-state index contributed by atoms with van der Waals surface area (Å²) in [7, 11) is 0. The third kappa shape index (κ3) is 3.03. The number of hydrogen-bond donors (Lipinski definition) is 1. The van der Waals surface area contributed by atoms with Crippen LogP contribution in [0.25, 0.3) is 0 Å². The first-order chi connectivity index (χ1) is 10.2. The van der Waals surface area contributed by atoms with Crippen molar-refractivity contribution in [1.82, 2.24) is 0 Å². The van der Waals surface area contributed by atoms with Gasteiger partial charge in [0.25, 0.3) is 0 Å². The molecule has 5 heteroatoms. The quantitative estimate of drug-likeness (QED) is 0.860. The van der Waals surface area contributed by atoms with Gasteiger partial charge >= 0.3 is 5.97 Å². The Bertz CT molecular complexity index is 515. The average molecular weight is 308 g/mol. The lowest BCUT2D eigenvalue weighted by molar-refractivity contribution is 0.0533. The van der Waals surface area contributed by atoms with Gasteiger partial charge in [0.05, 0.1) is 17.3 Å². The largest absolute Gasteiger partial charge is 0.462 e. The predicted molar refractivity (Wildman–Crippen MR) is 87.3 cm³/mol. The van der Waals surface area contributed by atoms with Crippen LogP contribution < -0.4 is 10.6 Å². The molecule has 1 aromatic heterocycles. The standard InChI is InChI=1S/C16H24N2O2S/c1-2-20-16(19)14-13(17)12(11-7-8-11)15(21-14)18-9-5-3-4-6-10-18/h11H,2-10,17H2,1H3. The number of ether oxygens (including phenoxy) is 1. The zero-order chi connectivity index (χ0) is 14.8. The molecule has 2 aliphatic rings. The van der Waals surface area contributed by atoms with Crippen LogP contribution in [0.2, 0.25) is 0 Å². The Kier molecular flexibility index (Phi) is 4.38. The van der Waals surface area contributed by atoms with Crippen LogP contribution in [0.5, 0.6) is 0 Å². The highest BCUT2D eigenvalue weighted by Crippen LogP contribution is 2.52. The smallest absolute Gasteiger partial charge is 0.350 e. The Labute approximate surface area is 130 Å². The van der Waals surface area contributed by atoms with E-state index < -0.39 is 0 Å². The minimum Gasteiger partial charge on any atom is -0.462 e. The number of thiophene rings is 1. The van der Waals surface area contributed by atoms with Crippen LogP contribution in [-0.4, -0.2) is 25.7 Å². The maximum absolute atomic E-state index is 12.1. The molecule has 2 fully saturated rings. The fraction of sp³-hybridized carbons (Fsp3) is 0.688. The van der Waals surface area contributed by atoms with E-state index >= 15 is 0 Å². The summed E-state index contributed by atoms with van der Waals surface area (Å²) in [6.07, 6.45) is 7.48. The van der Waals surface area contributed by atoms with Crippen molar-refractivity contribution < 1.29 is 9.53 Å². The van der Waals surface area contributed by atoms with Crippen molar-refractivity contribution in [2.75, 3.05) is 30.3 Å². The van der Waals surface area contributed by atoms with Crippen molar-refractivity contribution >= 4 is 28.0 Å². The van der Waals surface area contributed by atoms with Gasteiger partial charge in [0.2, 0.25) is 0 Å². The zero-order valence-corrected chi connectivity index (χ0v) is 13.5. The van der Waals surface area contributed by atoms with Crippen LogP contribution in [0.1, 0.15) is 66.6 Å². The summed E-state index contributed by atoms with van der Waals surface area (Å²) in [5.41, 5.74) is 8.21. The van der Waals surface area contributed by atoms with Crippen LogP contribution in [0.3, 0.4) is 0 Å². The van der Waals surface area contributed by atoms with Crippen molar-refractivity contribution in [3.63, 3.8) is 0 Å². The first kappa shape index (κ1) is 14.7. The van der Waals surface area contributed by atoms with E-state index in [1.807, 2.05) is 6.92 Å². The third-order valence-electron chi connectivity index (χ3n) is 4.30. The molecule has 1 aliphatic carbocycles. The van der Waals surface area contributed by atoms with Crippen molar-refractivity contribution in [2.24, 2.45) is 0 Å². The Morgan fingerprint density at radius 2 is 1.95 bits per heavy atom. The molecule has 1 aromatic rings. The summed E-state index contributed by atoms with van der Waals surface area (Å²) in [4.78, 5) is 15.2. The Balaban J connectivity index is 1.94. The molecular formula is C16H24N2O2S. The number of carbonyl (C=O) groups is 1. The lowest BCUT2D eigenvalue weighted by Crippen LogP contribution is -2.23. The van der Waals surface area contributed by atoms with Gasteiger partial charge in [-0.05, 0) is 38.5 Å². The van der Waals surface area contributed by atoms with Gasteiger partial charge in [0.1, 0.15) is 4.88 Å². The number of hydrogen-bond acceptors (Lipinski definition) is 5. The molecule has 21 heavy (non-hydrogen) atoms. The van der Waals surface area contributed by atoms with E-state index in [0.29, 0.717) is 23.1 Å². The monoisotopic (exact) mass is 308 g/mol. The van der Waals surface area contributed by atoms with Crippen LogP contribution in [0.15, 0.2) is 0 Å². The lowest BCUT2D eigenvalue weighted by Gasteiger charge is -2.22. The second kappa shape index (κ2) is 6.26. The fourth-order valence-electron chi connectivity index (χ4n) is 3.07. The van der Waals surface area contributed by atoms with Crippen LogP contribution in [0, 0.1) is 0 Å². The van der Waals surface area contributed by atoms with Gasteiger partial charge in [-0.3, -0.25) is 0 Å². The van der Waals surface area contributed by atoms with E-state index in [1.54, 1.807) is 11.3 Å². The molecule has 0 bridgehead atoms. The second-order valence-electron chi connectivity index (χ2n) is 5.96. The first-order valence-corrected chi connectivity index (χ1v) is 8.88. The topological polar surface area (TPSA) is 55.6 Å². The minimum absolute atomic E-state index is 0.261. The fourth-order valence-corrected chi connectivity index (χ4v) is 4.32. The van der Waals surface area contributed by atoms with Crippen LogP contribution in [0.4, 0.5) is 10.7 Å². The second-order valence-corrected chi connectivity index (χ2v) is 6.96. The van der Waals surface area contributed by atoms with Crippen LogP contribution in [-0.2, 0) is 4.74 Å². The third-order valence-corrected chi connectivity index (χ3v) is 5.57. The molecular weight excluding hydrogens is 284 g/mol. The SMILES string of the molecule is CCOC(=O)c1sc(N2CCCCCC2)c(C2CC2)c1N. The molecule has 1 saturated heterocycles. The predicted octanol–water partition coefficient (Wildman–Crippen LogP) is 3.76. The molecule has 0 atom stereocenters. The van der Waals surface area contributed by atoms with Gasteiger partial charge in [0.15, 0.2) is 0 Å². The van der Waals surface area contributed by atoms with Crippen molar-refractivity contribution in [3.8, 4) is 0 Å². The molecule has 2 heterocycles. The molecule has 3 rings (SSSR count). The van der Waals surface area contributed by atoms with Gasteiger partial charge in [0, 0.05) is 18.7 Å². The highest BCUT2D eigenvalue weighted by Gasteiger charge is 2.35. The number of anilines is 2. The highest BCUT2D eigenvalue weighted by molar-refractivity contribution is 7.18. The van der Waals surface area contributed by atoms with Crippen LogP contribution >= 0.6 is 11.3 Å². The summed E-state index contributed by atoms with van der Waals surface area (Å²) in [5.74, 6) is 0.297. The normalized spacial score (nSPS) is 19.4. The summed E-state index contributed by atoms with van der Waals surface area (Å²) < 4.78 is 5.16. The molecule has 0 radical (unpaired) electrons. The number of nitrogens with two attached hydrogens (primary N) is 1. The number of carbonyl (C=O) groups excluding carboxylic acids is 1. The number of esters is 1. The first-order valence-electron chi connectivity index (χ1n) is 8.06. The molecule has 0 spiro atoms. The van der Waals surface area contributed by atoms with E-state index in [-0.39, 0.29) is 5.97 Å². The maximum atomic E-state index is 12.1. The molecule has 2 N–H and O–H groups in total. The Morgan fingerprint density at radius 3 is 2.52 bits per heavy atom. The molecule has 0 amide bonds. The lowest BCUT2D eigenvalue weighted by atomic mass is 10.1. The van der Waals surface area contributed by atoms with E-state index in [9.17, 15) is 4.79 Å². The number of nitrogens with zero attached hydrogens (tertiary/aromatic N) is 1. The van der Waals surface area contributed by atoms with E-state index in [4.69, 9.17) is 10.5 Å². The van der Waals surface area contributed by atoms with Crippen molar-refractivity contribution in [3.05, 3.63) is 10.4 Å². The number of nitrogen functional groups attached to an aromatic ring is 1. The summed E-state index contributed by atoms with van der Waals surface area (Å²) in [5, 5.41) is 1.24. The summed E-state index contributed by atoms with van der Waals surface area (Å²) >= 11 is 1.54. The Morgan fingerprint density at radius 1 is 1.29 bits per heavy atom. The molecule has 0 aromatic carbocycles. The van der Waals surface area contributed by atoms with Gasteiger partial charge in [-0.25, -0.2) is 4.79 Å². The maximum Gasteiger partial charge on any atom is 0.350 e. The van der Waals surface area contributed by atoms with Crippen molar-refractivity contribution in [1.29, 1.82) is 0 Å². The van der Waals surface area contributed by atoms with Gasteiger partial charge < -0.3 is 15.4 Å². The molecule has 4 nitrogen and oxygen atoms in total. The Hall–Kier alpha value is -1.23. The average Bonchev–Trinajstić information content (AvgIpc) is 3.27. The van der Waals surface area contributed by atoms with Gasteiger partial charge in [-0.15, -0.1) is 11.3 Å². The molecule has 0 unspecified atom stereocenters. The van der Waals surface area contributed by atoms with Gasteiger partial charge in [-0.1, -0.05) is 12.8 Å². The molecule has 1 saturated carbocycles. The minimum atomic E-state index is -0.261. The van der Waals surface area contributed by atoms with Gasteiger partial charge in [-0.2, -0.15) is 0 Å². The molecule has 1 aliphatic heterocycles. The number of rotatable bonds is 4. The van der Waals surface area contributed by atoms with Crippen molar-refractivity contribution in [2.45, 2.75) is 51.4 Å². The summed E-state index contributed by atoms with van der Waals surface area (Å²) in [6.45, 7) is 4.40. The van der Waals surface area contributed by atoms with E-state index in [0.717, 1.165) is 13.1 Å². The van der Waals surface area contributed by atoms with E-state index in [1.165, 1.54) is 49.1 Å².